The second-order valence-corrected chi connectivity index (χ2v) is 6.19. The molecule has 0 amide bonds. The first-order valence-electron chi connectivity index (χ1n) is 5.86. The van der Waals surface area contributed by atoms with Gasteiger partial charge in [-0.1, -0.05) is 23.7 Å². The number of nitrogens with zero attached hydrogens (tertiary/aromatic N) is 4. The highest BCUT2D eigenvalue weighted by molar-refractivity contribution is 9.11. The Balaban J connectivity index is 2.22. The van der Waals surface area contributed by atoms with E-state index in [-0.39, 0.29) is 0 Å². The second-order valence-electron chi connectivity index (χ2n) is 4.20. The van der Waals surface area contributed by atoms with E-state index in [2.05, 4.69) is 47.4 Å². The van der Waals surface area contributed by atoms with Crippen LogP contribution in [-0.4, -0.2) is 20.2 Å². The third-order valence-electron chi connectivity index (χ3n) is 2.90. The van der Waals surface area contributed by atoms with Crippen LogP contribution in [0.2, 0.25) is 5.02 Å². The van der Waals surface area contributed by atoms with Gasteiger partial charge in [0.1, 0.15) is 0 Å². The van der Waals surface area contributed by atoms with Gasteiger partial charge in [0.2, 0.25) is 0 Å². The number of anilines is 1. The smallest absolute Gasteiger partial charge is 0.188 e. The van der Waals surface area contributed by atoms with Crippen molar-refractivity contribution in [2.75, 3.05) is 5.73 Å². The van der Waals surface area contributed by atoms with Crippen LogP contribution in [0.25, 0.3) is 17.1 Å². The average molecular weight is 430 g/mol. The number of nitrogens with two attached hydrogens (primary N) is 1. The lowest BCUT2D eigenvalue weighted by molar-refractivity contribution is 0.789. The first kappa shape index (κ1) is 14.5. The van der Waals surface area contributed by atoms with Crippen LogP contribution in [0.15, 0.2) is 45.3 Å². The summed E-state index contributed by atoms with van der Waals surface area (Å²) in [6.07, 6.45) is 0. The summed E-state index contributed by atoms with van der Waals surface area (Å²) in [7, 11) is 0. The number of tetrazole rings is 1. The Morgan fingerprint density at radius 3 is 2.62 bits per heavy atom. The van der Waals surface area contributed by atoms with Gasteiger partial charge in [0.25, 0.3) is 0 Å². The van der Waals surface area contributed by atoms with E-state index in [1.807, 2.05) is 24.3 Å². The highest BCUT2D eigenvalue weighted by Crippen LogP contribution is 2.34. The molecule has 0 aliphatic heterocycles. The van der Waals surface area contributed by atoms with Crippen molar-refractivity contribution in [3.8, 4) is 17.1 Å². The molecule has 0 saturated carbocycles. The molecule has 21 heavy (non-hydrogen) atoms. The molecule has 1 heterocycles. The molecule has 1 aromatic heterocycles. The summed E-state index contributed by atoms with van der Waals surface area (Å²) in [6.45, 7) is 0. The number of hydrogen-bond acceptors (Lipinski definition) is 4. The van der Waals surface area contributed by atoms with Gasteiger partial charge in [0, 0.05) is 11.3 Å². The standard InChI is InChI=1S/C13H8Br2ClN5/c14-11-7(3-1-5-9(11)17)13-18-19-20-21(13)10-6-2-4-8(16)12(10)15/h1-6H,17H2. The summed E-state index contributed by atoms with van der Waals surface area (Å²) < 4.78 is 3.08. The third kappa shape index (κ3) is 2.56. The van der Waals surface area contributed by atoms with Crippen molar-refractivity contribution in [2.45, 2.75) is 0 Å². The quantitative estimate of drug-likeness (QED) is 0.623. The molecular weight excluding hydrogens is 421 g/mol. The number of benzene rings is 2. The van der Waals surface area contributed by atoms with E-state index in [1.165, 1.54) is 0 Å². The largest absolute Gasteiger partial charge is 0.398 e. The van der Waals surface area contributed by atoms with Gasteiger partial charge in [0.05, 0.1) is 19.7 Å². The van der Waals surface area contributed by atoms with Crippen molar-refractivity contribution >= 4 is 49.1 Å². The fourth-order valence-corrected chi connectivity index (χ4v) is 2.94. The molecule has 0 aliphatic carbocycles. The lowest BCUT2D eigenvalue weighted by atomic mass is 10.2. The van der Waals surface area contributed by atoms with Crippen molar-refractivity contribution in [1.82, 2.24) is 20.2 Å². The molecule has 0 spiro atoms. The molecule has 3 rings (SSSR count). The lowest BCUT2D eigenvalue weighted by Crippen LogP contribution is -2.02. The van der Waals surface area contributed by atoms with Crippen LogP contribution in [0.3, 0.4) is 0 Å². The maximum absolute atomic E-state index is 6.13. The van der Waals surface area contributed by atoms with Gasteiger partial charge in [-0.3, -0.25) is 0 Å². The molecule has 106 valence electrons. The summed E-state index contributed by atoms with van der Waals surface area (Å²) in [5.41, 5.74) is 8.08. The Kier molecular flexibility index (Phi) is 3.97. The van der Waals surface area contributed by atoms with Crippen LogP contribution in [0, 0.1) is 0 Å². The van der Waals surface area contributed by atoms with Crippen molar-refractivity contribution in [2.24, 2.45) is 0 Å². The molecule has 0 radical (unpaired) electrons. The normalized spacial score (nSPS) is 10.8. The summed E-state index contributed by atoms with van der Waals surface area (Å²) >= 11 is 13.1. The lowest BCUT2D eigenvalue weighted by Gasteiger charge is -2.09. The number of aromatic nitrogens is 4. The summed E-state index contributed by atoms with van der Waals surface area (Å²) in [6, 6.07) is 11.0. The van der Waals surface area contributed by atoms with Crippen LogP contribution in [0.4, 0.5) is 5.69 Å². The van der Waals surface area contributed by atoms with Crippen LogP contribution in [-0.2, 0) is 0 Å². The topological polar surface area (TPSA) is 69.6 Å². The highest BCUT2D eigenvalue weighted by atomic mass is 79.9. The van der Waals surface area contributed by atoms with Gasteiger partial charge in [-0.15, -0.1) is 5.10 Å². The molecule has 8 heteroatoms. The Bertz CT molecular complexity index is 752. The molecule has 0 atom stereocenters. The minimum absolute atomic E-state index is 0.567. The van der Waals surface area contributed by atoms with Gasteiger partial charge >= 0.3 is 0 Å². The predicted molar refractivity (Wildman–Crippen MR) is 89.4 cm³/mol. The molecule has 0 unspecified atom stereocenters. The molecule has 0 aliphatic rings. The minimum Gasteiger partial charge on any atom is -0.398 e. The van der Waals surface area contributed by atoms with Crippen LogP contribution in [0.1, 0.15) is 0 Å². The fourth-order valence-electron chi connectivity index (χ4n) is 1.90. The molecule has 2 aromatic carbocycles. The summed E-state index contributed by atoms with van der Waals surface area (Å²) in [5, 5.41) is 12.5. The summed E-state index contributed by atoms with van der Waals surface area (Å²) in [4.78, 5) is 0. The van der Waals surface area contributed by atoms with Crippen LogP contribution in [0.5, 0.6) is 0 Å². The zero-order valence-corrected chi connectivity index (χ0v) is 14.4. The van der Waals surface area contributed by atoms with Gasteiger partial charge in [0.15, 0.2) is 5.82 Å². The van der Waals surface area contributed by atoms with Gasteiger partial charge in [-0.25, -0.2) is 0 Å². The van der Waals surface area contributed by atoms with Crippen molar-refractivity contribution in [3.63, 3.8) is 0 Å². The Morgan fingerprint density at radius 2 is 1.81 bits per heavy atom. The monoisotopic (exact) mass is 427 g/mol. The average Bonchev–Trinajstić information content (AvgIpc) is 2.94. The van der Waals surface area contributed by atoms with E-state index >= 15 is 0 Å². The zero-order valence-electron chi connectivity index (χ0n) is 10.5. The van der Waals surface area contributed by atoms with E-state index in [1.54, 1.807) is 16.8 Å². The molecule has 0 saturated heterocycles. The van der Waals surface area contributed by atoms with E-state index in [9.17, 15) is 0 Å². The first-order valence-corrected chi connectivity index (χ1v) is 7.83. The zero-order chi connectivity index (χ0) is 15.0. The molecule has 0 bridgehead atoms. The molecule has 2 N–H and O–H groups in total. The fraction of sp³-hybridized carbons (Fsp3) is 0. The van der Waals surface area contributed by atoms with Crippen molar-refractivity contribution in [3.05, 3.63) is 50.4 Å². The van der Waals surface area contributed by atoms with Gasteiger partial charge < -0.3 is 5.73 Å². The number of hydrogen-bond donors (Lipinski definition) is 1. The predicted octanol–water partition coefficient (Wildman–Crippen LogP) is 4.09. The molecular formula is C13H8Br2ClN5. The number of nitrogen functional groups attached to an aromatic ring is 1. The Labute approximate surface area is 142 Å². The van der Waals surface area contributed by atoms with Crippen LogP contribution >= 0.6 is 43.5 Å². The second kappa shape index (κ2) is 5.75. The molecule has 0 fully saturated rings. The molecule has 5 nitrogen and oxygen atoms in total. The maximum atomic E-state index is 6.13. The minimum atomic E-state index is 0.567. The van der Waals surface area contributed by atoms with Gasteiger partial charge in [-0.2, -0.15) is 4.68 Å². The SMILES string of the molecule is Nc1cccc(-c2nnnn2-c2cccc(Cl)c2Br)c1Br. The van der Waals surface area contributed by atoms with Gasteiger partial charge in [-0.05, 0) is 66.6 Å². The third-order valence-corrected chi connectivity index (χ3v) is 5.16. The molecule has 3 aromatic rings. The Morgan fingerprint density at radius 1 is 1.05 bits per heavy atom. The summed E-state index contributed by atoms with van der Waals surface area (Å²) in [5.74, 6) is 0.567. The van der Waals surface area contributed by atoms with Crippen molar-refractivity contribution in [1.29, 1.82) is 0 Å². The number of halogens is 3. The van der Waals surface area contributed by atoms with E-state index in [0.29, 0.717) is 16.5 Å². The Hall–Kier alpha value is -1.44. The maximum Gasteiger partial charge on any atom is 0.188 e. The number of rotatable bonds is 2. The highest BCUT2D eigenvalue weighted by Gasteiger charge is 2.17. The van der Waals surface area contributed by atoms with E-state index < -0.39 is 0 Å². The van der Waals surface area contributed by atoms with E-state index in [0.717, 1.165) is 20.2 Å². The van der Waals surface area contributed by atoms with Crippen LogP contribution < -0.4 is 5.73 Å². The van der Waals surface area contributed by atoms with E-state index in [4.69, 9.17) is 17.3 Å². The van der Waals surface area contributed by atoms with Crippen molar-refractivity contribution < 1.29 is 0 Å². The first-order chi connectivity index (χ1) is 10.1.